The van der Waals surface area contributed by atoms with Crippen molar-refractivity contribution in [1.82, 2.24) is 9.62 Å². The number of piperidine rings is 1. The van der Waals surface area contributed by atoms with Crippen LogP contribution in [0.2, 0.25) is 0 Å². The smallest absolute Gasteiger partial charge is 0.243 e. The lowest BCUT2D eigenvalue weighted by atomic mass is 9.96. The molecule has 0 aliphatic carbocycles. The van der Waals surface area contributed by atoms with E-state index in [0.717, 1.165) is 12.0 Å². The Morgan fingerprint density at radius 1 is 1.07 bits per heavy atom. The van der Waals surface area contributed by atoms with Crippen LogP contribution in [0.4, 0.5) is 0 Å². The molecule has 0 aromatic heterocycles. The van der Waals surface area contributed by atoms with Crippen molar-refractivity contribution >= 4 is 15.9 Å². The quantitative estimate of drug-likeness (QED) is 0.807. The molecule has 0 bridgehead atoms. The molecule has 2 aromatic carbocycles. The van der Waals surface area contributed by atoms with Crippen LogP contribution in [0.15, 0.2) is 59.5 Å². The van der Waals surface area contributed by atoms with Gasteiger partial charge in [0, 0.05) is 19.0 Å². The lowest BCUT2D eigenvalue weighted by Gasteiger charge is -2.31. The molecule has 0 radical (unpaired) electrons. The molecule has 150 valence electrons. The first-order valence-corrected chi connectivity index (χ1v) is 11.3. The van der Waals surface area contributed by atoms with E-state index in [-0.39, 0.29) is 17.9 Å². The van der Waals surface area contributed by atoms with Gasteiger partial charge in [0.1, 0.15) is 0 Å². The third-order valence-corrected chi connectivity index (χ3v) is 7.37. The zero-order valence-electron chi connectivity index (χ0n) is 16.5. The van der Waals surface area contributed by atoms with E-state index in [4.69, 9.17) is 0 Å². The van der Waals surface area contributed by atoms with Crippen LogP contribution in [0, 0.1) is 5.92 Å². The van der Waals surface area contributed by atoms with Gasteiger partial charge in [0.25, 0.3) is 0 Å². The van der Waals surface area contributed by atoms with E-state index in [1.807, 2.05) is 6.92 Å². The minimum absolute atomic E-state index is 0.00354. The summed E-state index contributed by atoms with van der Waals surface area (Å²) in [5, 5.41) is 3.08. The second-order valence-corrected chi connectivity index (χ2v) is 9.25. The third kappa shape index (κ3) is 4.62. The number of nitrogens with one attached hydrogen (secondary N) is 1. The Bertz CT molecular complexity index is 887. The summed E-state index contributed by atoms with van der Waals surface area (Å²) in [5.74, 6) is -0.150. The fraction of sp³-hybridized carbons (Fsp3) is 0.409. The van der Waals surface area contributed by atoms with Crippen LogP contribution in [0.3, 0.4) is 0 Å². The van der Waals surface area contributed by atoms with Gasteiger partial charge < -0.3 is 5.32 Å². The summed E-state index contributed by atoms with van der Waals surface area (Å²) >= 11 is 0. The Labute approximate surface area is 167 Å². The Hall–Kier alpha value is -2.18. The minimum Gasteiger partial charge on any atom is -0.349 e. The highest BCUT2D eigenvalue weighted by Crippen LogP contribution is 2.24. The predicted molar refractivity (Wildman–Crippen MR) is 110 cm³/mol. The second-order valence-electron chi connectivity index (χ2n) is 7.32. The van der Waals surface area contributed by atoms with Gasteiger partial charge in [-0.2, -0.15) is 4.31 Å². The first-order chi connectivity index (χ1) is 13.4. The maximum Gasteiger partial charge on any atom is 0.243 e. The van der Waals surface area contributed by atoms with Crippen LogP contribution in [-0.2, 0) is 21.2 Å². The number of rotatable bonds is 6. The van der Waals surface area contributed by atoms with Crippen LogP contribution in [0.1, 0.15) is 43.9 Å². The molecule has 28 heavy (non-hydrogen) atoms. The van der Waals surface area contributed by atoms with Crippen LogP contribution in [0.25, 0.3) is 0 Å². The van der Waals surface area contributed by atoms with Crippen molar-refractivity contribution in [2.24, 2.45) is 5.92 Å². The van der Waals surface area contributed by atoms with Crippen LogP contribution < -0.4 is 5.32 Å². The highest BCUT2D eigenvalue weighted by Gasteiger charge is 2.32. The molecule has 1 amide bonds. The number of hydrogen-bond acceptors (Lipinski definition) is 3. The van der Waals surface area contributed by atoms with Crippen LogP contribution >= 0.6 is 0 Å². The van der Waals surface area contributed by atoms with E-state index >= 15 is 0 Å². The number of hydrogen-bond donors (Lipinski definition) is 1. The Morgan fingerprint density at radius 2 is 1.68 bits per heavy atom. The monoisotopic (exact) mass is 400 g/mol. The molecule has 1 fully saturated rings. The number of sulfonamides is 1. The predicted octanol–water partition coefficient (Wildman–Crippen LogP) is 3.53. The van der Waals surface area contributed by atoms with E-state index < -0.39 is 10.0 Å². The number of amides is 1. The van der Waals surface area contributed by atoms with E-state index in [1.165, 1.54) is 9.87 Å². The third-order valence-electron chi connectivity index (χ3n) is 5.45. The van der Waals surface area contributed by atoms with Crippen molar-refractivity contribution in [1.29, 1.82) is 0 Å². The average molecular weight is 401 g/mol. The lowest BCUT2D eigenvalue weighted by Crippen LogP contribution is -2.43. The molecule has 0 spiro atoms. The van der Waals surface area contributed by atoms with Crippen molar-refractivity contribution in [3.8, 4) is 0 Å². The van der Waals surface area contributed by atoms with E-state index in [9.17, 15) is 13.2 Å². The van der Waals surface area contributed by atoms with Gasteiger partial charge in [0.05, 0.1) is 10.9 Å². The highest BCUT2D eigenvalue weighted by molar-refractivity contribution is 7.89. The molecule has 1 heterocycles. The molecule has 0 unspecified atom stereocenters. The van der Waals surface area contributed by atoms with Gasteiger partial charge in [-0.1, -0.05) is 49.4 Å². The fourth-order valence-electron chi connectivity index (χ4n) is 3.56. The van der Waals surface area contributed by atoms with Gasteiger partial charge in [0.2, 0.25) is 15.9 Å². The van der Waals surface area contributed by atoms with E-state index in [1.54, 1.807) is 30.3 Å². The summed E-state index contributed by atoms with van der Waals surface area (Å²) < 4.78 is 26.9. The Balaban J connectivity index is 1.56. The van der Waals surface area contributed by atoms with Gasteiger partial charge in [0.15, 0.2) is 0 Å². The van der Waals surface area contributed by atoms with Gasteiger partial charge >= 0.3 is 0 Å². The normalized spacial score (nSPS) is 17.2. The fourth-order valence-corrected chi connectivity index (χ4v) is 5.05. The van der Waals surface area contributed by atoms with Gasteiger partial charge in [-0.15, -0.1) is 0 Å². The molecular formula is C22H28N2O3S. The number of carbonyl (C=O) groups is 1. The molecule has 3 rings (SSSR count). The summed E-state index contributed by atoms with van der Waals surface area (Å²) in [6.07, 6.45) is 2.07. The van der Waals surface area contributed by atoms with Crippen molar-refractivity contribution < 1.29 is 13.2 Å². The maximum absolute atomic E-state index is 12.7. The summed E-state index contributed by atoms with van der Waals surface area (Å²) in [4.78, 5) is 13.0. The minimum atomic E-state index is -3.48. The van der Waals surface area contributed by atoms with Crippen molar-refractivity contribution in [3.05, 3.63) is 65.7 Å². The Morgan fingerprint density at radius 3 is 2.25 bits per heavy atom. The van der Waals surface area contributed by atoms with Crippen molar-refractivity contribution in [2.75, 3.05) is 13.1 Å². The summed E-state index contributed by atoms with van der Waals surface area (Å²) in [7, 11) is -3.48. The largest absolute Gasteiger partial charge is 0.349 e. The molecular weight excluding hydrogens is 372 g/mol. The first-order valence-electron chi connectivity index (χ1n) is 9.86. The molecule has 1 atom stereocenters. The molecule has 5 nitrogen and oxygen atoms in total. The average Bonchev–Trinajstić information content (AvgIpc) is 2.74. The van der Waals surface area contributed by atoms with Gasteiger partial charge in [-0.25, -0.2) is 8.42 Å². The van der Waals surface area contributed by atoms with Crippen LogP contribution in [0.5, 0.6) is 0 Å². The lowest BCUT2D eigenvalue weighted by molar-refractivity contribution is -0.126. The molecule has 1 N–H and O–H groups in total. The molecule has 1 aliphatic heterocycles. The molecule has 6 heteroatoms. The second kappa shape index (κ2) is 8.88. The topological polar surface area (TPSA) is 66.5 Å². The SMILES string of the molecule is CCc1ccc([C@H](C)NC(=O)C2CCN(S(=O)(=O)c3ccccc3)CC2)cc1. The number of nitrogens with zero attached hydrogens (tertiary/aromatic N) is 1. The Kier molecular flexibility index (Phi) is 6.52. The van der Waals surface area contributed by atoms with E-state index in [2.05, 4.69) is 36.5 Å². The standard InChI is InChI=1S/C22H28N2O3S/c1-3-18-9-11-19(12-10-18)17(2)23-22(25)20-13-15-24(16-14-20)28(26,27)21-7-5-4-6-8-21/h4-12,17,20H,3,13-16H2,1-2H3,(H,23,25)/t17-/m0/s1. The summed E-state index contributed by atoms with van der Waals surface area (Å²) in [6, 6.07) is 16.7. The zero-order chi connectivity index (χ0) is 20.1. The number of benzene rings is 2. The van der Waals surface area contributed by atoms with Gasteiger partial charge in [-0.3, -0.25) is 4.79 Å². The molecule has 0 saturated carbocycles. The molecule has 2 aromatic rings. The summed E-state index contributed by atoms with van der Waals surface area (Å²) in [5.41, 5.74) is 2.35. The van der Waals surface area contributed by atoms with Crippen molar-refractivity contribution in [3.63, 3.8) is 0 Å². The molecule has 1 saturated heterocycles. The maximum atomic E-state index is 12.7. The van der Waals surface area contributed by atoms with Gasteiger partial charge in [-0.05, 0) is 49.4 Å². The zero-order valence-corrected chi connectivity index (χ0v) is 17.3. The van der Waals surface area contributed by atoms with E-state index in [0.29, 0.717) is 30.8 Å². The summed E-state index contributed by atoms with van der Waals surface area (Å²) in [6.45, 7) is 4.84. The first kappa shape index (κ1) is 20.6. The number of carbonyl (C=O) groups excluding carboxylic acids is 1. The highest BCUT2D eigenvalue weighted by atomic mass is 32.2. The molecule has 1 aliphatic rings. The number of aryl methyl sites for hydroxylation is 1. The van der Waals surface area contributed by atoms with Crippen molar-refractivity contribution in [2.45, 2.75) is 44.0 Å². The van der Waals surface area contributed by atoms with Crippen LogP contribution in [-0.4, -0.2) is 31.7 Å².